The SMILES string of the molecule is COC(=O)c1ccc(CN2C(=O)N/C(=C\c3cc(OC)c(OC(C)C)c(Cl)c3Br)C2=O)o1. The summed E-state index contributed by atoms with van der Waals surface area (Å²) in [7, 11) is 2.69. The van der Waals surface area contributed by atoms with E-state index in [4.69, 9.17) is 25.5 Å². The summed E-state index contributed by atoms with van der Waals surface area (Å²) in [5.74, 6) is -0.278. The second-order valence-corrected chi connectivity index (χ2v) is 8.10. The molecule has 1 aliphatic rings. The van der Waals surface area contributed by atoms with Gasteiger partial charge in [0, 0.05) is 4.47 Å². The fourth-order valence-electron chi connectivity index (χ4n) is 2.91. The van der Waals surface area contributed by atoms with Gasteiger partial charge >= 0.3 is 12.0 Å². The lowest BCUT2D eigenvalue weighted by molar-refractivity contribution is -0.123. The molecule has 1 aliphatic heterocycles. The zero-order valence-corrected chi connectivity index (χ0v) is 20.0. The Kier molecular flexibility index (Phi) is 7.15. The Labute approximate surface area is 197 Å². The predicted molar refractivity (Wildman–Crippen MR) is 119 cm³/mol. The molecule has 0 spiro atoms. The Hall–Kier alpha value is -2.98. The zero-order chi connectivity index (χ0) is 23.6. The van der Waals surface area contributed by atoms with Crippen LogP contribution in [0.1, 0.15) is 35.7 Å². The molecule has 0 unspecified atom stereocenters. The maximum Gasteiger partial charge on any atom is 0.373 e. The molecule has 11 heteroatoms. The molecular weight excluding hydrogens is 508 g/mol. The first-order valence-electron chi connectivity index (χ1n) is 9.40. The number of carbonyl (C=O) groups is 3. The van der Waals surface area contributed by atoms with Gasteiger partial charge in [0.15, 0.2) is 11.5 Å². The summed E-state index contributed by atoms with van der Waals surface area (Å²) in [4.78, 5) is 37.7. The minimum absolute atomic E-state index is 0.0281. The van der Waals surface area contributed by atoms with Crippen molar-refractivity contribution >= 4 is 51.5 Å². The molecule has 0 saturated carbocycles. The van der Waals surface area contributed by atoms with E-state index in [0.29, 0.717) is 21.5 Å². The molecule has 170 valence electrons. The first-order chi connectivity index (χ1) is 15.2. The largest absolute Gasteiger partial charge is 0.493 e. The summed E-state index contributed by atoms with van der Waals surface area (Å²) >= 11 is 9.85. The molecule has 2 aromatic rings. The van der Waals surface area contributed by atoms with Crippen LogP contribution < -0.4 is 14.8 Å². The highest BCUT2D eigenvalue weighted by atomic mass is 79.9. The lowest BCUT2D eigenvalue weighted by Crippen LogP contribution is -2.30. The van der Waals surface area contributed by atoms with Crippen LogP contribution in [0.4, 0.5) is 4.79 Å². The van der Waals surface area contributed by atoms with Crippen molar-refractivity contribution in [2.45, 2.75) is 26.5 Å². The van der Waals surface area contributed by atoms with Gasteiger partial charge in [-0.15, -0.1) is 0 Å². The Balaban J connectivity index is 1.88. The standard InChI is InChI=1S/C21H20BrClN2O7/c1-10(2)31-18-15(29-3)8-11(16(22)17(18)23)7-13-19(26)25(21(28)24-13)9-12-5-6-14(32-12)20(27)30-4/h5-8,10H,9H2,1-4H3,(H,24,28)/b13-7-. The third-order valence-electron chi connectivity index (χ3n) is 4.35. The molecule has 0 atom stereocenters. The van der Waals surface area contributed by atoms with Crippen LogP contribution in [0, 0.1) is 0 Å². The van der Waals surface area contributed by atoms with E-state index in [2.05, 4.69) is 26.0 Å². The lowest BCUT2D eigenvalue weighted by Gasteiger charge is -2.17. The number of amides is 3. The second-order valence-electron chi connectivity index (χ2n) is 6.93. The molecular formula is C21H20BrClN2O7. The minimum atomic E-state index is -0.658. The van der Waals surface area contributed by atoms with E-state index in [1.807, 2.05) is 13.8 Å². The summed E-state index contributed by atoms with van der Waals surface area (Å²) in [6.07, 6.45) is 1.34. The maximum atomic E-state index is 12.8. The van der Waals surface area contributed by atoms with Crippen LogP contribution in [0.2, 0.25) is 5.02 Å². The zero-order valence-electron chi connectivity index (χ0n) is 17.7. The number of urea groups is 1. The molecule has 2 heterocycles. The van der Waals surface area contributed by atoms with Crippen LogP contribution >= 0.6 is 27.5 Å². The van der Waals surface area contributed by atoms with E-state index in [0.717, 1.165) is 4.90 Å². The highest BCUT2D eigenvalue weighted by molar-refractivity contribution is 9.10. The normalized spacial score (nSPS) is 14.8. The van der Waals surface area contributed by atoms with Gasteiger partial charge in [-0.2, -0.15) is 0 Å². The van der Waals surface area contributed by atoms with Gasteiger partial charge in [0.1, 0.15) is 16.5 Å². The average Bonchev–Trinajstić information content (AvgIpc) is 3.33. The average molecular weight is 528 g/mol. The summed E-state index contributed by atoms with van der Waals surface area (Å²) in [6, 6.07) is 3.90. The first-order valence-corrected chi connectivity index (χ1v) is 10.6. The van der Waals surface area contributed by atoms with Crippen molar-refractivity contribution in [3.63, 3.8) is 0 Å². The molecule has 9 nitrogen and oxygen atoms in total. The fourth-order valence-corrected chi connectivity index (χ4v) is 3.56. The topological polar surface area (TPSA) is 107 Å². The molecule has 32 heavy (non-hydrogen) atoms. The van der Waals surface area contributed by atoms with Crippen LogP contribution in [-0.2, 0) is 16.1 Å². The van der Waals surface area contributed by atoms with E-state index < -0.39 is 17.9 Å². The van der Waals surface area contributed by atoms with Crippen molar-refractivity contribution < 1.29 is 33.0 Å². The van der Waals surface area contributed by atoms with Gasteiger partial charge in [-0.25, -0.2) is 9.59 Å². The number of nitrogens with zero attached hydrogens (tertiary/aromatic N) is 1. The van der Waals surface area contributed by atoms with Gasteiger partial charge in [0.2, 0.25) is 5.76 Å². The van der Waals surface area contributed by atoms with Crippen molar-refractivity contribution in [3.8, 4) is 11.5 Å². The van der Waals surface area contributed by atoms with Crippen LogP contribution in [0.5, 0.6) is 11.5 Å². The number of rotatable bonds is 7. The highest BCUT2D eigenvalue weighted by Gasteiger charge is 2.35. The number of hydrogen-bond donors (Lipinski definition) is 1. The third kappa shape index (κ3) is 4.76. The minimum Gasteiger partial charge on any atom is -0.493 e. The lowest BCUT2D eigenvalue weighted by atomic mass is 10.1. The van der Waals surface area contributed by atoms with Crippen LogP contribution in [-0.4, -0.2) is 43.1 Å². The molecule has 1 saturated heterocycles. The number of imide groups is 1. The Morgan fingerprint density at radius 1 is 1.31 bits per heavy atom. The van der Waals surface area contributed by atoms with E-state index in [1.165, 1.54) is 32.4 Å². The predicted octanol–water partition coefficient (Wildman–Crippen LogP) is 4.37. The summed E-state index contributed by atoms with van der Waals surface area (Å²) in [6.45, 7) is 3.55. The Morgan fingerprint density at radius 2 is 2.03 bits per heavy atom. The molecule has 3 rings (SSSR count). The summed E-state index contributed by atoms with van der Waals surface area (Å²) in [5.41, 5.74) is 0.533. The molecule has 0 bridgehead atoms. The second kappa shape index (κ2) is 9.66. The number of benzene rings is 1. The van der Waals surface area contributed by atoms with Crippen LogP contribution in [0.3, 0.4) is 0 Å². The van der Waals surface area contributed by atoms with Gasteiger partial charge in [0.25, 0.3) is 5.91 Å². The number of furan rings is 1. The summed E-state index contributed by atoms with van der Waals surface area (Å²) in [5, 5.41) is 2.79. The number of hydrogen-bond acceptors (Lipinski definition) is 7. The first kappa shape index (κ1) is 23.7. The fraction of sp³-hybridized carbons (Fsp3) is 0.286. The highest BCUT2D eigenvalue weighted by Crippen LogP contribution is 2.43. The van der Waals surface area contributed by atoms with Crippen LogP contribution in [0.25, 0.3) is 6.08 Å². The number of halogens is 2. The van der Waals surface area contributed by atoms with E-state index >= 15 is 0 Å². The van der Waals surface area contributed by atoms with Gasteiger partial charge in [-0.1, -0.05) is 11.6 Å². The smallest absolute Gasteiger partial charge is 0.373 e. The molecule has 1 aromatic carbocycles. The molecule has 1 aromatic heterocycles. The van der Waals surface area contributed by atoms with Gasteiger partial charge in [-0.3, -0.25) is 9.69 Å². The number of methoxy groups -OCH3 is 2. The molecule has 1 N–H and O–H groups in total. The van der Waals surface area contributed by atoms with E-state index in [1.54, 1.807) is 6.07 Å². The molecule has 3 amide bonds. The van der Waals surface area contributed by atoms with Crippen molar-refractivity contribution in [1.29, 1.82) is 0 Å². The van der Waals surface area contributed by atoms with E-state index in [9.17, 15) is 14.4 Å². The number of esters is 1. The Morgan fingerprint density at radius 3 is 2.66 bits per heavy atom. The van der Waals surface area contributed by atoms with Gasteiger partial charge in [0.05, 0.1) is 26.9 Å². The summed E-state index contributed by atoms with van der Waals surface area (Å²) < 4.78 is 21.5. The van der Waals surface area contributed by atoms with Crippen molar-refractivity contribution in [1.82, 2.24) is 10.2 Å². The molecule has 0 radical (unpaired) electrons. The van der Waals surface area contributed by atoms with Crippen molar-refractivity contribution in [2.24, 2.45) is 0 Å². The van der Waals surface area contributed by atoms with E-state index in [-0.39, 0.29) is 34.9 Å². The van der Waals surface area contributed by atoms with Crippen LogP contribution in [0.15, 0.2) is 32.8 Å². The van der Waals surface area contributed by atoms with Crippen molar-refractivity contribution in [3.05, 3.63) is 50.5 Å². The van der Waals surface area contributed by atoms with Crippen molar-refractivity contribution in [2.75, 3.05) is 14.2 Å². The monoisotopic (exact) mass is 526 g/mol. The number of carbonyl (C=O) groups excluding carboxylic acids is 3. The van der Waals surface area contributed by atoms with Gasteiger partial charge in [-0.05, 0) is 59.6 Å². The van der Waals surface area contributed by atoms with Gasteiger partial charge < -0.3 is 23.9 Å². The molecule has 0 aliphatic carbocycles. The maximum absolute atomic E-state index is 12.8. The quantitative estimate of drug-likeness (QED) is 0.324. The number of nitrogens with one attached hydrogen (secondary N) is 1. The molecule has 1 fully saturated rings. The Bertz CT molecular complexity index is 1110. The third-order valence-corrected chi connectivity index (χ3v) is 5.80. The number of ether oxygens (including phenoxy) is 3.